The van der Waals surface area contributed by atoms with Crippen LogP contribution in [0.1, 0.15) is 40.0 Å². The van der Waals surface area contributed by atoms with Crippen molar-refractivity contribution in [2.75, 3.05) is 32.8 Å². The van der Waals surface area contributed by atoms with Gasteiger partial charge in [-0.25, -0.2) is 0 Å². The van der Waals surface area contributed by atoms with Crippen molar-refractivity contribution < 1.29 is 4.74 Å². The maximum absolute atomic E-state index is 5.56. The van der Waals surface area contributed by atoms with Crippen LogP contribution in [0.25, 0.3) is 0 Å². The van der Waals surface area contributed by atoms with Gasteiger partial charge in [0.25, 0.3) is 0 Å². The van der Waals surface area contributed by atoms with Crippen LogP contribution < -0.4 is 5.32 Å². The highest BCUT2D eigenvalue weighted by molar-refractivity contribution is 4.85. The summed E-state index contributed by atoms with van der Waals surface area (Å²) in [6, 6.07) is 1.27. The van der Waals surface area contributed by atoms with Crippen molar-refractivity contribution >= 4 is 0 Å². The third-order valence-electron chi connectivity index (χ3n) is 4.35. The van der Waals surface area contributed by atoms with Gasteiger partial charge in [-0.3, -0.25) is 4.90 Å². The van der Waals surface area contributed by atoms with Crippen LogP contribution in [0.4, 0.5) is 0 Å². The summed E-state index contributed by atoms with van der Waals surface area (Å²) in [5.74, 6) is 1.69. The fraction of sp³-hybridized carbons (Fsp3) is 1.00. The molecule has 2 aliphatic rings. The summed E-state index contributed by atoms with van der Waals surface area (Å²) in [5, 5.41) is 3.68. The Kier molecular flexibility index (Phi) is 5.46. The second-order valence-corrected chi connectivity index (χ2v) is 6.28. The lowest BCUT2D eigenvalue weighted by Gasteiger charge is -2.33. The summed E-state index contributed by atoms with van der Waals surface area (Å²) in [7, 11) is 0. The Morgan fingerprint density at radius 1 is 1.28 bits per heavy atom. The molecule has 2 fully saturated rings. The van der Waals surface area contributed by atoms with Crippen LogP contribution >= 0.6 is 0 Å². The fourth-order valence-corrected chi connectivity index (χ4v) is 2.89. The van der Waals surface area contributed by atoms with E-state index >= 15 is 0 Å². The molecule has 0 aromatic rings. The molecule has 0 aromatic carbocycles. The SMILES string of the molecule is CCNC(CN(CC1CC1)C(C)C)C1CCOC1. The minimum absolute atomic E-state index is 0.610. The fourth-order valence-electron chi connectivity index (χ4n) is 2.89. The topological polar surface area (TPSA) is 24.5 Å². The summed E-state index contributed by atoms with van der Waals surface area (Å²) in [4.78, 5) is 2.67. The predicted octanol–water partition coefficient (Wildman–Crippen LogP) is 2.12. The number of likely N-dealkylation sites (N-methyl/N-ethyl adjacent to an activating group) is 1. The van der Waals surface area contributed by atoms with Crippen LogP contribution in [-0.2, 0) is 4.74 Å². The number of ether oxygens (including phenoxy) is 1. The molecule has 1 aliphatic carbocycles. The first kappa shape index (κ1) is 14.3. The maximum Gasteiger partial charge on any atom is 0.0510 e. The molecule has 0 radical (unpaired) electrons. The third-order valence-corrected chi connectivity index (χ3v) is 4.35. The van der Waals surface area contributed by atoms with Crippen LogP contribution in [0.15, 0.2) is 0 Å². The molecule has 1 aliphatic heterocycles. The predicted molar refractivity (Wildman–Crippen MR) is 75.8 cm³/mol. The molecule has 1 N–H and O–H groups in total. The minimum atomic E-state index is 0.610. The first-order chi connectivity index (χ1) is 8.70. The van der Waals surface area contributed by atoms with Gasteiger partial charge in [0.15, 0.2) is 0 Å². The van der Waals surface area contributed by atoms with Crippen LogP contribution in [0.3, 0.4) is 0 Å². The zero-order valence-corrected chi connectivity index (χ0v) is 12.3. The van der Waals surface area contributed by atoms with Gasteiger partial charge in [-0.1, -0.05) is 6.92 Å². The number of nitrogens with zero attached hydrogens (tertiary/aromatic N) is 1. The van der Waals surface area contributed by atoms with E-state index in [1.54, 1.807) is 0 Å². The summed E-state index contributed by atoms with van der Waals surface area (Å²) in [6.07, 6.45) is 4.12. The molecular weight excluding hydrogens is 224 g/mol. The van der Waals surface area contributed by atoms with Crippen LogP contribution in [0, 0.1) is 11.8 Å². The third kappa shape index (κ3) is 4.22. The smallest absolute Gasteiger partial charge is 0.0510 e. The van der Waals surface area contributed by atoms with Gasteiger partial charge >= 0.3 is 0 Å². The normalized spacial score (nSPS) is 26.2. The molecule has 2 atom stereocenters. The number of nitrogens with one attached hydrogen (secondary N) is 1. The first-order valence-corrected chi connectivity index (χ1v) is 7.75. The molecule has 3 heteroatoms. The van der Waals surface area contributed by atoms with Crippen molar-refractivity contribution in [3.05, 3.63) is 0 Å². The Bertz CT molecular complexity index is 235. The van der Waals surface area contributed by atoms with E-state index in [-0.39, 0.29) is 0 Å². The monoisotopic (exact) mass is 254 g/mol. The average Bonchev–Trinajstić information content (AvgIpc) is 2.99. The van der Waals surface area contributed by atoms with Crippen LogP contribution in [0.2, 0.25) is 0 Å². The minimum Gasteiger partial charge on any atom is -0.381 e. The van der Waals surface area contributed by atoms with Crippen molar-refractivity contribution in [3.8, 4) is 0 Å². The Hall–Kier alpha value is -0.120. The number of rotatable bonds is 8. The van der Waals surface area contributed by atoms with E-state index in [4.69, 9.17) is 4.74 Å². The van der Waals surface area contributed by atoms with Gasteiger partial charge in [0.1, 0.15) is 0 Å². The van der Waals surface area contributed by atoms with E-state index in [9.17, 15) is 0 Å². The van der Waals surface area contributed by atoms with Gasteiger partial charge in [0.2, 0.25) is 0 Å². The summed E-state index contributed by atoms with van der Waals surface area (Å²) in [5.41, 5.74) is 0. The van der Waals surface area contributed by atoms with Gasteiger partial charge in [0, 0.05) is 37.7 Å². The van der Waals surface area contributed by atoms with Gasteiger partial charge in [0.05, 0.1) is 6.61 Å². The summed E-state index contributed by atoms with van der Waals surface area (Å²) >= 11 is 0. The quantitative estimate of drug-likeness (QED) is 0.718. The van der Waals surface area contributed by atoms with Crippen molar-refractivity contribution in [1.29, 1.82) is 0 Å². The zero-order chi connectivity index (χ0) is 13.0. The van der Waals surface area contributed by atoms with Crippen molar-refractivity contribution in [2.24, 2.45) is 11.8 Å². The highest BCUT2D eigenvalue weighted by atomic mass is 16.5. The highest BCUT2D eigenvalue weighted by Gasteiger charge is 2.30. The molecule has 2 rings (SSSR count). The molecule has 3 nitrogen and oxygen atoms in total. The molecule has 1 saturated heterocycles. The molecule has 0 amide bonds. The highest BCUT2D eigenvalue weighted by Crippen LogP contribution is 2.30. The molecule has 0 spiro atoms. The molecule has 1 heterocycles. The van der Waals surface area contributed by atoms with E-state index in [0.29, 0.717) is 18.0 Å². The Balaban J connectivity index is 1.86. The second-order valence-electron chi connectivity index (χ2n) is 6.28. The molecule has 106 valence electrons. The second kappa shape index (κ2) is 6.88. The van der Waals surface area contributed by atoms with E-state index in [1.165, 1.54) is 32.4 Å². The van der Waals surface area contributed by atoms with Gasteiger partial charge < -0.3 is 10.1 Å². The van der Waals surface area contributed by atoms with E-state index in [1.807, 2.05) is 0 Å². The first-order valence-electron chi connectivity index (χ1n) is 7.75. The molecular formula is C15H30N2O. The van der Waals surface area contributed by atoms with E-state index in [2.05, 4.69) is 31.0 Å². The lowest BCUT2D eigenvalue weighted by atomic mass is 9.98. The van der Waals surface area contributed by atoms with Gasteiger partial charge in [-0.05, 0) is 45.6 Å². The van der Waals surface area contributed by atoms with E-state index < -0.39 is 0 Å². The van der Waals surface area contributed by atoms with Crippen LogP contribution in [0.5, 0.6) is 0 Å². The van der Waals surface area contributed by atoms with Crippen molar-refractivity contribution in [3.63, 3.8) is 0 Å². The Morgan fingerprint density at radius 3 is 2.56 bits per heavy atom. The molecule has 0 aromatic heterocycles. The lowest BCUT2D eigenvalue weighted by Crippen LogP contribution is -2.48. The van der Waals surface area contributed by atoms with Crippen LogP contribution in [-0.4, -0.2) is 49.8 Å². The molecule has 2 unspecified atom stereocenters. The lowest BCUT2D eigenvalue weighted by molar-refractivity contribution is 0.145. The number of hydrogen-bond donors (Lipinski definition) is 1. The van der Waals surface area contributed by atoms with E-state index in [0.717, 1.165) is 25.7 Å². The van der Waals surface area contributed by atoms with Gasteiger partial charge in [-0.2, -0.15) is 0 Å². The average molecular weight is 254 g/mol. The largest absolute Gasteiger partial charge is 0.381 e. The summed E-state index contributed by atoms with van der Waals surface area (Å²) in [6.45, 7) is 12.3. The Morgan fingerprint density at radius 2 is 2.06 bits per heavy atom. The maximum atomic E-state index is 5.56. The molecule has 0 bridgehead atoms. The molecule has 1 saturated carbocycles. The summed E-state index contributed by atoms with van der Waals surface area (Å²) < 4.78 is 5.56. The molecule has 18 heavy (non-hydrogen) atoms. The number of hydrogen-bond acceptors (Lipinski definition) is 3. The van der Waals surface area contributed by atoms with Crippen molar-refractivity contribution in [2.45, 2.75) is 52.1 Å². The van der Waals surface area contributed by atoms with Gasteiger partial charge in [-0.15, -0.1) is 0 Å². The standard InChI is InChI=1S/C15H30N2O/c1-4-16-15(14-7-8-18-11-14)10-17(12(2)3)9-13-5-6-13/h12-16H,4-11H2,1-3H3. The zero-order valence-electron chi connectivity index (χ0n) is 12.3. The van der Waals surface area contributed by atoms with Crippen molar-refractivity contribution in [1.82, 2.24) is 10.2 Å². The Labute approximate surface area is 112 Å².